The van der Waals surface area contributed by atoms with Gasteiger partial charge >= 0.3 is 18.9 Å². The second-order valence-corrected chi connectivity index (χ2v) is 10.7. The summed E-state index contributed by atoms with van der Waals surface area (Å²) in [4.78, 5) is 11.1. The predicted octanol–water partition coefficient (Wildman–Crippen LogP) is 2.59. The first-order valence-corrected chi connectivity index (χ1v) is 12.0. The van der Waals surface area contributed by atoms with Crippen LogP contribution in [0.5, 0.6) is 0 Å². The van der Waals surface area contributed by atoms with E-state index in [4.69, 9.17) is 11.0 Å². The van der Waals surface area contributed by atoms with E-state index in [1.54, 1.807) is 22.7 Å². The van der Waals surface area contributed by atoms with Crippen molar-refractivity contribution in [3.8, 4) is 27.0 Å². The first kappa shape index (κ1) is 30.3. The predicted molar refractivity (Wildman–Crippen MR) is 147 cm³/mol. The van der Waals surface area contributed by atoms with Crippen LogP contribution in [-0.2, 0) is 10.8 Å². The Labute approximate surface area is 235 Å². The van der Waals surface area contributed by atoms with Crippen LogP contribution in [0.1, 0.15) is 39.1 Å². The van der Waals surface area contributed by atoms with E-state index >= 15 is 0 Å². The Kier molecular flexibility index (Phi) is 11.9. The molecule has 0 saturated heterocycles. The molecule has 34 heavy (non-hydrogen) atoms. The van der Waals surface area contributed by atoms with Gasteiger partial charge in [-0.25, -0.2) is 9.97 Å². The van der Waals surface area contributed by atoms with E-state index in [-0.39, 0.29) is 43.1 Å². The van der Waals surface area contributed by atoms with E-state index in [2.05, 4.69) is 54.2 Å². The van der Waals surface area contributed by atoms with Gasteiger partial charge in [-0.3, -0.25) is 0 Å². The Balaban J connectivity index is 0.000000608. The van der Waals surface area contributed by atoms with Crippen molar-refractivity contribution < 1.29 is 20.3 Å². The van der Waals surface area contributed by atoms with Crippen molar-refractivity contribution in [2.75, 3.05) is 6.54 Å². The summed E-state index contributed by atoms with van der Waals surface area (Å²) in [6.45, 7) is 8.65. The molecular weight excluding hydrogens is 466 g/mol. The zero-order valence-corrected chi connectivity index (χ0v) is 21.5. The minimum Gasteiger partial charge on any atom is -1.00 e. The maximum Gasteiger partial charge on any atom is 1.00 e. The third-order valence-corrected chi connectivity index (χ3v) is 7.81. The monoisotopic (exact) mass is 498 g/mol. The summed E-state index contributed by atoms with van der Waals surface area (Å²) < 4.78 is 0. The second-order valence-electron chi connectivity index (χ2n) is 8.62. The molecule has 2 heterocycles. The molecular formula is C26H32AlLiN4S2. The Bertz CT molecular complexity index is 1190. The minimum atomic E-state index is -0.502. The van der Waals surface area contributed by atoms with Crippen LogP contribution in [0.2, 0.25) is 0 Å². The van der Waals surface area contributed by atoms with Crippen molar-refractivity contribution >= 4 is 40.0 Å². The van der Waals surface area contributed by atoms with Gasteiger partial charge in [0.25, 0.3) is 0 Å². The molecule has 4 rings (SSSR count). The topological polar surface area (TPSA) is 75.6 Å². The van der Waals surface area contributed by atoms with Crippen LogP contribution < -0.4 is 24.6 Å². The van der Waals surface area contributed by atoms with Crippen LogP contribution in [0.4, 0.5) is 0 Å². The number of rotatable bonds is 5. The fourth-order valence-corrected chi connectivity index (χ4v) is 4.76. The van der Waals surface area contributed by atoms with Crippen molar-refractivity contribution in [1.29, 1.82) is 5.26 Å². The fraction of sp³-hybridized carbons (Fsp3) is 0.269. The van der Waals surface area contributed by atoms with Gasteiger partial charge in [-0.15, -0.1) is 22.7 Å². The Morgan fingerprint density at radius 2 is 1.24 bits per heavy atom. The minimum absolute atomic E-state index is 0. The van der Waals surface area contributed by atoms with E-state index in [9.17, 15) is 0 Å². The molecule has 2 N–H and O–H groups in total. The molecule has 0 aliphatic carbocycles. The van der Waals surface area contributed by atoms with Gasteiger partial charge in [-0.1, -0.05) is 74.5 Å². The van der Waals surface area contributed by atoms with Gasteiger partial charge in [-0.2, -0.15) is 5.26 Å². The quantitative estimate of drug-likeness (QED) is 0.429. The maximum atomic E-state index is 9.04. The summed E-state index contributed by atoms with van der Waals surface area (Å²) in [5, 5.41) is 11.0. The van der Waals surface area contributed by atoms with Gasteiger partial charge in [0.2, 0.25) is 0 Å². The number of hydrogen-bond donors (Lipinski definition) is 1. The summed E-state index contributed by atoms with van der Waals surface area (Å²) in [6.07, 6.45) is 3.78. The summed E-state index contributed by atoms with van der Waals surface area (Å²) in [5.74, 6) is 0. The zero-order chi connectivity index (χ0) is 23.2. The number of thiazole rings is 2. The van der Waals surface area contributed by atoms with Crippen molar-refractivity contribution in [1.82, 2.24) is 9.97 Å². The molecule has 0 bridgehead atoms. The van der Waals surface area contributed by atoms with Gasteiger partial charge in [0.1, 0.15) is 10.4 Å². The number of benzene rings is 2. The van der Waals surface area contributed by atoms with Crippen LogP contribution in [0.15, 0.2) is 73.1 Å². The van der Waals surface area contributed by atoms with Crippen LogP contribution in [0.3, 0.4) is 0 Å². The van der Waals surface area contributed by atoms with E-state index < -0.39 is 5.41 Å². The van der Waals surface area contributed by atoms with Crippen molar-refractivity contribution in [2.45, 2.75) is 38.5 Å². The van der Waals surface area contributed by atoms with Crippen LogP contribution >= 0.6 is 22.7 Å². The second kappa shape index (κ2) is 13.4. The molecule has 0 radical (unpaired) electrons. The first-order chi connectivity index (χ1) is 15.3. The van der Waals surface area contributed by atoms with Crippen LogP contribution in [0.25, 0.3) is 20.9 Å². The average Bonchev–Trinajstić information content (AvgIpc) is 3.52. The van der Waals surface area contributed by atoms with Gasteiger partial charge in [0.15, 0.2) is 17.4 Å². The fourth-order valence-electron chi connectivity index (χ4n) is 2.76. The summed E-state index contributed by atoms with van der Waals surface area (Å²) in [6, 6.07) is 22.7. The van der Waals surface area contributed by atoms with E-state index in [0.717, 1.165) is 20.5 Å². The number of nitrogens with two attached hydrogens (primary N) is 1. The van der Waals surface area contributed by atoms with Gasteiger partial charge in [0.05, 0.1) is 20.8 Å². The molecule has 0 amide bonds. The third kappa shape index (κ3) is 7.64. The number of nitriles is 1. The maximum absolute atomic E-state index is 9.04. The van der Waals surface area contributed by atoms with E-state index in [1.165, 1.54) is 10.4 Å². The number of nitrogens with zero attached hydrogens (tertiary/aromatic N) is 3. The van der Waals surface area contributed by atoms with Crippen LogP contribution in [-0.4, -0.2) is 33.9 Å². The molecule has 0 spiro atoms. The Morgan fingerprint density at radius 3 is 1.65 bits per heavy atom. The number of hydrogen-bond acceptors (Lipinski definition) is 6. The molecule has 0 aliphatic heterocycles. The SMILES string of the molecule is CC(C)(C#N)c1ncc(-c2ccccc2)s1.CC(C)(CN)c1ncc(-c2ccccc2)s1.[AlH3].[H-].[Li+]. The molecule has 0 unspecified atom stereocenters. The smallest absolute Gasteiger partial charge is 1.00 e. The third-order valence-electron chi connectivity index (χ3n) is 5.03. The Hall–Kier alpha value is -1.72. The molecule has 2 aromatic heterocycles. The zero-order valence-electron chi connectivity index (χ0n) is 20.9. The average molecular weight is 499 g/mol. The molecule has 0 saturated carbocycles. The molecule has 8 heteroatoms. The van der Waals surface area contributed by atoms with Crippen molar-refractivity contribution in [3.63, 3.8) is 0 Å². The standard InChI is InChI=1S/C13H16N2S.C13H12N2S.Al.Li.4H/c2*1-13(2,9-14)12-15-8-11(16-12)10-6-4-3-5-7-10;;;;;;/h3-8H,9,14H2,1-2H3;3-8H,1-2H3;;;;;;/q;;;+1;;;;-1. The summed E-state index contributed by atoms with van der Waals surface area (Å²) in [7, 11) is 0. The summed E-state index contributed by atoms with van der Waals surface area (Å²) in [5.41, 5.74) is 7.59. The Morgan fingerprint density at radius 1 is 0.824 bits per heavy atom. The first-order valence-electron chi connectivity index (χ1n) is 10.4. The van der Waals surface area contributed by atoms with Crippen molar-refractivity contribution in [3.05, 3.63) is 83.1 Å². The molecule has 172 valence electrons. The molecule has 4 nitrogen and oxygen atoms in total. The van der Waals surface area contributed by atoms with Crippen LogP contribution in [0, 0.1) is 11.3 Å². The molecule has 2 aromatic carbocycles. The summed E-state index contributed by atoms with van der Waals surface area (Å²) >= 11 is 3.31. The van der Waals surface area contributed by atoms with Gasteiger partial charge < -0.3 is 7.16 Å². The molecule has 4 aromatic rings. The molecule has 0 fully saturated rings. The van der Waals surface area contributed by atoms with E-state index in [1.807, 2.05) is 62.6 Å². The molecule has 0 atom stereocenters. The van der Waals surface area contributed by atoms with Crippen molar-refractivity contribution in [2.24, 2.45) is 5.73 Å². The van der Waals surface area contributed by atoms with E-state index in [0.29, 0.717) is 6.54 Å². The number of aromatic nitrogens is 2. The molecule has 0 aliphatic rings. The normalized spacial score (nSPS) is 10.7. The van der Waals surface area contributed by atoms with Gasteiger partial charge in [0, 0.05) is 24.4 Å². The van der Waals surface area contributed by atoms with Gasteiger partial charge in [-0.05, 0) is 25.0 Å². The largest absolute Gasteiger partial charge is 1.00 e.